The van der Waals surface area contributed by atoms with E-state index in [4.69, 9.17) is 5.11 Å². The molecule has 4 aliphatic rings. The van der Waals surface area contributed by atoms with Crippen LogP contribution < -0.4 is 0 Å². The third kappa shape index (κ3) is 3.28. The Kier molecular flexibility index (Phi) is 5.19. The van der Waals surface area contributed by atoms with E-state index < -0.39 is 5.60 Å². The van der Waals surface area contributed by atoms with Crippen molar-refractivity contribution in [1.29, 1.82) is 0 Å². The highest BCUT2D eigenvalue weighted by Crippen LogP contribution is 2.64. The molecule has 4 fully saturated rings. The first-order valence-electron chi connectivity index (χ1n) is 11.2. The zero-order valence-corrected chi connectivity index (χ0v) is 17.0. The van der Waals surface area contributed by atoms with Crippen molar-refractivity contribution in [3.8, 4) is 11.8 Å². The Labute approximate surface area is 164 Å². The molecule has 0 spiro atoms. The highest BCUT2D eigenvalue weighted by Gasteiger charge is 2.58. The molecule has 3 heteroatoms. The van der Waals surface area contributed by atoms with E-state index in [2.05, 4.69) is 18.8 Å². The minimum absolute atomic E-state index is 0.0697. The molecular weight excluding hydrogens is 336 g/mol. The average Bonchev–Trinajstić information content (AvgIpc) is 2.99. The van der Waals surface area contributed by atoms with Gasteiger partial charge in [-0.2, -0.15) is 0 Å². The minimum atomic E-state index is -0.834. The van der Waals surface area contributed by atoms with Gasteiger partial charge in [-0.3, -0.25) is 4.79 Å². The molecule has 27 heavy (non-hydrogen) atoms. The summed E-state index contributed by atoms with van der Waals surface area (Å²) in [5.74, 6) is 10.4. The van der Waals surface area contributed by atoms with E-state index >= 15 is 0 Å². The molecule has 0 aromatic heterocycles. The second-order valence-corrected chi connectivity index (χ2v) is 10.3. The number of aliphatic hydroxyl groups is 2. The monoisotopic (exact) mass is 372 g/mol. The average molecular weight is 373 g/mol. The van der Waals surface area contributed by atoms with Crippen LogP contribution in [0.15, 0.2) is 0 Å². The van der Waals surface area contributed by atoms with Crippen LogP contribution in [0.4, 0.5) is 0 Å². The molecule has 0 aliphatic heterocycles. The lowest BCUT2D eigenvalue weighted by molar-refractivity contribution is -0.129. The quantitative estimate of drug-likeness (QED) is 0.721. The van der Waals surface area contributed by atoms with Crippen LogP contribution in [0, 0.1) is 52.8 Å². The molecule has 8 atom stereocenters. The molecule has 4 rings (SSSR count). The fourth-order valence-electron chi connectivity index (χ4n) is 7.94. The van der Waals surface area contributed by atoms with E-state index in [1.54, 1.807) is 6.92 Å². The van der Waals surface area contributed by atoms with E-state index in [1.807, 2.05) is 0 Å². The Bertz CT molecular complexity index is 646. The minimum Gasteiger partial charge on any atom is -0.395 e. The van der Waals surface area contributed by atoms with Gasteiger partial charge in [0.25, 0.3) is 0 Å². The van der Waals surface area contributed by atoms with E-state index in [9.17, 15) is 9.90 Å². The van der Waals surface area contributed by atoms with Gasteiger partial charge in [0.2, 0.25) is 0 Å². The fourth-order valence-corrected chi connectivity index (χ4v) is 7.94. The smallest absolute Gasteiger partial charge is 0.133 e. The van der Waals surface area contributed by atoms with Gasteiger partial charge >= 0.3 is 0 Å². The van der Waals surface area contributed by atoms with Crippen molar-refractivity contribution in [2.75, 3.05) is 6.61 Å². The van der Waals surface area contributed by atoms with Crippen molar-refractivity contribution >= 4 is 5.78 Å². The molecule has 150 valence electrons. The number of rotatable bonds is 2. The number of aliphatic hydroxyl groups excluding tert-OH is 1. The number of ketones is 1. The molecule has 0 saturated heterocycles. The van der Waals surface area contributed by atoms with E-state index in [0.29, 0.717) is 24.0 Å². The van der Waals surface area contributed by atoms with Crippen LogP contribution in [0.5, 0.6) is 0 Å². The van der Waals surface area contributed by atoms with E-state index in [0.717, 1.165) is 49.4 Å². The van der Waals surface area contributed by atoms with Gasteiger partial charge in [0.1, 0.15) is 11.4 Å². The first-order valence-corrected chi connectivity index (χ1v) is 11.2. The predicted molar refractivity (Wildman–Crippen MR) is 106 cm³/mol. The second-order valence-electron chi connectivity index (χ2n) is 10.3. The molecule has 0 radical (unpaired) electrons. The van der Waals surface area contributed by atoms with Crippen molar-refractivity contribution in [3.05, 3.63) is 0 Å². The molecule has 0 amide bonds. The maximum atomic E-state index is 12.2. The number of carbonyl (C=O) groups is 1. The molecule has 4 saturated carbocycles. The topological polar surface area (TPSA) is 57.5 Å². The van der Waals surface area contributed by atoms with E-state index in [1.165, 1.54) is 32.1 Å². The van der Waals surface area contributed by atoms with Gasteiger partial charge in [0.15, 0.2) is 0 Å². The SMILES string of the molecule is CC(=O)[C@H]1CC[C@H]2[C@@H]3CC[C@@H]4C[C@@](O)(C#CCCO)CC[C@@H]4[C@H]3CC[C@]12C. The van der Waals surface area contributed by atoms with Crippen molar-refractivity contribution < 1.29 is 15.0 Å². The van der Waals surface area contributed by atoms with Gasteiger partial charge in [-0.05, 0) is 99.7 Å². The van der Waals surface area contributed by atoms with Crippen molar-refractivity contribution in [3.63, 3.8) is 0 Å². The van der Waals surface area contributed by atoms with Crippen LogP contribution in [-0.2, 0) is 4.79 Å². The van der Waals surface area contributed by atoms with Crippen LogP contribution in [0.25, 0.3) is 0 Å². The predicted octanol–water partition coefficient (Wildman–Crippen LogP) is 3.96. The van der Waals surface area contributed by atoms with Crippen molar-refractivity contribution in [1.82, 2.24) is 0 Å². The summed E-state index contributed by atoms with van der Waals surface area (Å²) in [7, 11) is 0. The molecule has 0 heterocycles. The number of hydrogen-bond acceptors (Lipinski definition) is 3. The zero-order valence-electron chi connectivity index (χ0n) is 17.0. The van der Waals surface area contributed by atoms with Gasteiger partial charge in [0, 0.05) is 12.3 Å². The summed E-state index contributed by atoms with van der Waals surface area (Å²) < 4.78 is 0. The summed E-state index contributed by atoms with van der Waals surface area (Å²) in [5, 5.41) is 19.9. The summed E-state index contributed by atoms with van der Waals surface area (Å²) in [6, 6.07) is 0. The van der Waals surface area contributed by atoms with Crippen LogP contribution in [-0.4, -0.2) is 28.2 Å². The van der Waals surface area contributed by atoms with Gasteiger partial charge in [-0.1, -0.05) is 18.8 Å². The largest absolute Gasteiger partial charge is 0.395 e. The Morgan fingerprint density at radius 3 is 2.56 bits per heavy atom. The highest BCUT2D eigenvalue weighted by atomic mass is 16.3. The molecule has 2 N–H and O–H groups in total. The first kappa shape index (κ1) is 19.5. The molecule has 0 aromatic carbocycles. The van der Waals surface area contributed by atoms with Crippen molar-refractivity contribution in [2.24, 2.45) is 40.9 Å². The molecular formula is C24H36O3. The summed E-state index contributed by atoms with van der Waals surface area (Å²) in [6.45, 7) is 4.29. The maximum absolute atomic E-state index is 12.2. The van der Waals surface area contributed by atoms with Gasteiger partial charge in [-0.25, -0.2) is 0 Å². The second kappa shape index (κ2) is 7.20. The molecule has 4 aliphatic carbocycles. The molecule has 3 nitrogen and oxygen atoms in total. The molecule has 0 unspecified atom stereocenters. The van der Waals surface area contributed by atoms with Gasteiger partial charge < -0.3 is 10.2 Å². The number of hydrogen-bond donors (Lipinski definition) is 2. The lowest BCUT2D eigenvalue weighted by Crippen LogP contribution is -2.51. The first-order chi connectivity index (χ1) is 12.9. The lowest BCUT2D eigenvalue weighted by atomic mass is 9.49. The van der Waals surface area contributed by atoms with Crippen LogP contribution in [0.1, 0.15) is 78.1 Å². The number of fused-ring (bicyclic) bond motifs is 5. The summed E-state index contributed by atoms with van der Waals surface area (Å²) in [6.07, 6.45) is 10.5. The summed E-state index contributed by atoms with van der Waals surface area (Å²) >= 11 is 0. The Morgan fingerprint density at radius 1 is 1.04 bits per heavy atom. The third-order valence-electron chi connectivity index (χ3n) is 9.06. The Balaban J connectivity index is 1.48. The van der Waals surface area contributed by atoms with E-state index in [-0.39, 0.29) is 12.0 Å². The normalized spacial score (nSPS) is 48.6. The van der Waals surface area contributed by atoms with Crippen LogP contribution >= 0.6 is 0 Å². The molecule has 0 aromatic rings. The Morgan fingerprint density at radius 2 is 1.81 bits per heavy atom. The highest BCUT2D eigenvalue weighted by molar-refractivity contribution is 5.79. The van der Waals surface area contributed by atoms with Crippen LogP contribution in [0.2, 0.25) is 0 Å². The third-order valence-corrected chi connectivity index (χ3v) is 9.06. The van der Waals surface area contributed by atoms with Crippen LogP contribution in [0.3, 0.4) is 0 Å². The summed E-state index contributed by atoms with van der Waals surface area (Å²) in [5.41, 5.74) is -0.593. The van der Waals surface area contributed by atoms with Gasteiger partial charge in [0.05, 0.1) is 6.61 Å². The number of carbonyl (C=O) groups excluding carboxylic acids is 1. The maximum Gasteiger partial charge on any atom is 0.133 e. The standard InChI is InChI=1S/C24H36O3/c1-16(26)21-7-8-22-20-6-5-17-15-24(27,11-3-4-14-25)13-10-18(17)19(20)9-12-23(21,22)2/h17-22,25,27H,4-10,12-15H2,1-2H3/t17-,18+,19-,20-,21-,22+,23-,24-/m1/s1. The lowest BCUT2D eigenvalue weighted by Gasteiger charge is -2.56. The zero-order chi connectivity index (χ0) is 19.2. The number of Topliss-reactive ketones (excluding diaryl/α,β-unsaturated/α-hetero) is 1. The summed E-state index contributed by atoms with van der Waals surface area (Å²) in [4.78, 5) is 12.2. The Hall–Kier alpha value is -0.850. The van der Waals surface area contributed by atoms with Gasteiger partial charge in [-0.15, -0.1) is 0 Å². The molecule has 0 bridgehead atoms. The fraction of sp³-hybridized carbons (Fsp3) is 0.875. The van der Waals surface area contributed by atoms with Crippen molar-refractivity contribution in [2.45, 2.75) is 83.7 Å².